The summed E-state index contributed by atoms with van der Waals surface area (Å²) in [7, 11) is 1.78. The molecule has 114 valence electrons. The van der Waals surface area contributed by atoms with E-state index >= 15 is 0 Å². The third kappa shape index (κ3) is 4.89. The predicted octanol–water partition coefficient (Wildman–Crippen LogP) is 2.65. The Labute approximate surface area is 121 Å². The second-order valence-electron chi connectivity index (χ2n) is 5.78. The average molecular weight is 282 g/mol. The highest BCUT2D eigenvalue weighted by Crippen LogP contribution is 2.24. The van der Waals surface area contributed by atoms with E-state index in [-0.39, 0.29) is 6.10 Å². The van der Waals surface area contributed by atoms with Crippen LogP contribution in [0.3, 0.4) is 0 Å². The van der Waals surface area contributed by atoms with Gasteiger partial charge in [0.25, 0.3) is 0 Å². The number of ether oxygens (including phenoxy) is 2. The van der Waals surface area contributed by atoms with Crippen molar-refractivity contribution in [2.75, 3.05) is 7.11 Å². The molecule has 1 aliphatic rings. The maximum absolute atomic E-state index is 5.91. The van der Waals surface area contributed by atoms with Crippen molar-refractivity contribution < 1.29 is 14.0 Å². The summed E-state index contributed by atoms with van der Waals surface area (Å²) >= 11 is 0. The zero-order valence-corrected chi connectivity index (χ0v) is 12.7. The highest BCUT2D eigenvalue weighted by Gasteiger charge is 2.22. The molecule has 1 fully saturated rings. The highest BCUT2D eigenvalue weighted by molar-refractivity contribution is 5.04. The fourth-order valence-corrected chi connectivity index (χ4v) is 2.48. The standard InChI is InChI=1S/C15H26N2O3/c1-11(2)16-9-12-7-15(20-17-12)10-19-14-6-4-5-13(8-14)18-3/h7,11,13-14,16H,4-6,8-10H2,1-3H3. The molecule has 0 radical (unpaired) electrons. The highest BCUT2D eigenvalue weighted by atomic mass is 16.5. The van der Waals surface area contributed by atoms with Crippen molar-refractivity contribution in [3.05, 3.63) is 17.5 Å². The quantitative estimate of drug-likeness (QED) is 0.833. The van der Waals surface area contributed by atoms with Crippen molar-refractivity contribution in [1.29, 1.82) is 0 Å². The summed E-state index contributed by atoms with van der Waals surface area (Å²) in [6, 6.07) is 2.41. The molecule has 0 aliphatic heterocycles. The predicted molar refractivity (Wildman–Crippen MR) is 76.3 cm³/mol. The summed E-state index contributed by atoms with van der Waals surface area (Å²) in [5.41, 5.74) is 0.927. The Morgan fingerprint density at radius 2 is 2.20 bits per heavy atom. The van der Waals surface area contributed by atoms with Crippen LogP contribution in [0, 0.1) is 0 Å². The summed E-state index contributed by atoms with van der Waals surface area (Å²) in [6.07, 6.45) is 5.01. The van der Waals surface area contributed by atoms with Gasteiger partial charge in [0.1, 0.15) is 6.61 Å². The van der Waals surface area contributed by atoms with Crippen LogP contribution >= 0.6 is 0 Å². The fraction of sp³-hybridized carbons (Fsp3) is 0.800. The molecule has 1 aromatic rings. The molecule has 2 unspecified atom stereocenters. The Morgan fingerprint density at radius 3 is 2.95 bits per heavy atom. The number of nitrogens with zero attached hydrogens (tertiary/aromatic N) is 1. The maximum atomic E-state index is 5.91. The van der Waals surface area contributed by atoms with Gasteiger partial charge >= 0.3 is 0 Å². The van der Waals surface area contributed by atoms with E-state index in [0.717, 1.165) is 37.3 Å². The molecule has 0 spiro atoms. The SMILES string of the molecule is COC1CCCC(OCc2cc(CNC(C)C)no2)C1. The lowest BCUT2D eigenvalue weighted by atomic mass is 9.95. The molecule has 0 aromatic carbocycles. The molecule has 0 amide bonds. The molecule has 1 aromatic heterocycles. The lowest BCUT2D eigenvalue weighted by molar-refractivity contribution is -0.0414. The Bertz CT molecular complexity index is 392. The van der Waals surface area contributed by atoms with E-state index in [1.54, 1.807) is 7.11 Å². The number of methoxy groups -OCH3 is 1. The smallest absolute Gasteiger partial charge is 0.162 e. The van der Waals surface area contributed by atoms with Gasteiger partial charge in [0.2, 0.25) is 0 Å². The zero-order valence-electron chi connectivity index (χ0n) is 12.7. The normalized spacial score (nSPS) is 23.4. The van der Waals surface area contributed by atoms with Gasteiger partial charge in [-0.3, -0.25) is 0 Å². The van der Waals surface area contributed by atoms with Gasteiger partial charge in [0, 0.05) is 25.8 Å². The van der Waals surface area contributed by atoms with Gasteiger partial charge in [-0.2, -0.15) is 0 Å². The Morgan fingerprint density at radius 1 is 1.40 bits per heavy atom. The third-order valence-corrected chi connectivity index (χ3v) is 3.67. The van der Waals surface area contributed by atoms with Gasteiger partial charge < -0.3 is 19.3 Å². The van der Waals surface area contributed by atoms with E-state index in [1.807, 2.05) is 6.07 Å². The molecule has 0 saturated heterocycles. The minimum Gasteiger partial charge on any atom is -0.381 e. The van der Waals surface area contributed by atoms with Crippen LogP contribution in [-0.4, -0.2) is 30.5 Å². The number of aromatic nitrogens is 1. The third-order valence-electron chi connectivity index (χ3n) is 3.67. The van der Waals surface area contributed by atoms with Crippen LogP contribution in [0.5, 0.6) is 0 Å². The molecule has 1 heterocycles. The summed E-state index contributed by atoms with van der Waals surface area (Å²) < 4.78 is 16.6. The van der Waals surface area contributed by atoms with Crippen LogP contribution in [-0.2, 0) is 22.6 Å². The summed E-state index contributed by atoms with van der Waals surface area (Å²) in [4.78, 5) is 0. The minimum absolute atomic E-state index is 0.274. The van der Waals surface area contributed by atoms with Gasteiger partial charge in [0.05, 0.1) is 17.9 Å². The lowest BCUT2D eigenvalue weighted by Gasteiger charge is -2.27. The van der Waals surface area contributed by atoms with Crippen LogP contribution in [0.1, 0.15) is 51.0 Å². The first kappa shape index (κ1) is 15.5. The molecule has 2 atom stereocenters. The second kappa shape index (κ2) is 7.76. The van der Waals surface area contributed by atoms with E-state index in [1.165, 1.54) is 6.42 Å². The number of hydrogen-bond acceptors (Lipinski definition) is 5. The van der Waals surface area contributed by atoms with Gasteiger partial charge in [0.15, 0.2) is 5.76 Å². The molecule has 0 bridgehead atoms. The van der Waals surface area contributed by atoms with Crippen LogP contribution in [0.25, 0.3) is 0 Å². The monoisotopic (exact) mass is 282 g/mol. The van der Waals surface area contributed by atoms with E-state index in [2.05, 4.69) is 24.3 Å². The lowest BCUT2D eigenvalue weighted by Crippen LogP contribution is -2.27. The molecule has 5 nitrogen and oxygen atoms in total. The van der Waals surface area contributed by atoms with E-state index in [9.17, 15) is 0 Å². The van der Waals surface area contributed by atoms with Crippen LogP contribution in [0.2, 0.25) is 0 Å². The first-order chi connectivity index (χ1) is 9.67. The van der Waals surface area contributed by atoms with Gasteiger partial charge in [-0.1, -0.05) is 19.0 Å². The number of nitrogens with one attached hydrogen (secondary N) is 1. The Hall–Kier alpha value is -0.910. The van der Waals surface area contributed by atoms with Gasteiger partial charge in [-0.25, -0.2) is 0 Å². The van der Waals surface area contributed by atoms with E-state index < -0.39 is 0 Å². The van der Waals surface area contributed by atoms with E-state index in [0.29, 0.717) is 18.8 Å². The van der Waals surface area contributed by atoms with Crippen LogP contribution in [0.4, 0.5) is 0 Å². The first-order valence-electron chi connectivity index (χ1n) is 7.49. The average Bonchev–Trinajstić information content (AvgIpc) is 2.91. The van der Waals surface area contributed by atoms with Crippen molar-refractivity contribution in [1.82, 2.24) is 10.5 Å². The van der Waals surface area contributed by atoms with Crippen LogP contribution in [0.15, 0.2) is 10.6 Å². The van der Waals surface area contributed by atoms with Gasteiger partial charge in [-0.15, -0.1) is 0 Å². The van der Waals surface area contributed by atoms with Crippen molar-refractivity contribution in [3.63, 3.8) is 0 Å². The van der Waals surface area contributed by atoms with Crippen molar-refractivity contribution in [2.24, 2.45) is 0 Å². The number of rotatable bonds is 7. The summed E-state index contributed by atoms with van der Waals surface area (Å²) in [5, 5.41) is 7.35. The largest absolute Gasteiger partial charge is 0.381 e. The summed E-state index contributed by atoms with van der Waals surface area (Å²) in [5.74, 6) is 0.796. The second-order valence-corrected chi connectivity index (χ2v) is 5.78. The Balaban J connectivity index is 1.73. The zero-order chi connectivity index (χ0) is 14.4. The van der Waals surface area contributed by atoms with Crippen molar-refractivity contribution in [3.8, 4) is 0 Å². The molecule has 2 rings (SSSR count). The molecular weight excluding hydrogens is 256 g/mol. The fourth-order valence-electron chi connectivity index (χ4n) is 2.48. The summed E-state index contributed by atoms with van der Waals surface area (Å²) in [6.45, 7) is 5.45. The maximum Gasteiger partial charge on any atom is 0.162 e. The minimum atomic E-state index is 0.274. The van der Waals surface area contributed by atoms with Crippen molar-refractivity contribution >= 4 is 0 Å². The van der Waals surface area contributed by atoms with E-state index in [4.69, 9.17) is 14.0 Å². The van der Waals surface area contributed by atoms with Crippen LogP contribution < -0.4 is 5.32 Å². The topological polar surface area (TPSA) is 56.5 Å². The Kier molecular flexibility index (Phi) is 6.01. The molecule has 1 aliphatic carbocycles. The molecule has 20 heavy (non-hydrogen) atoms. The molecular formula is C15H26N2O3. The van der Waals surface area contributed by atoms with Crippen molar-refractivity contribution in [2.45, 2.75) is 70.9 Å². The first-order valence-corrected chi connectivity index (χ1v) is 7.49. The molecule has 1 N–H and O–H groups in total. The van der Waals surface area contributed by atoms with Gasteiger partial charge in [-0.05, 0) is 25.7 Å². The molecule has 1 saturated carbocycles. The number of hydrogen-bond donors (Lipinski definition) is 1. The molecule has 5 heteroatoms.